The summed E-state index contributed by atoms with van der Waals surface area (Å²) in [5, 5.41) is 3.80. The maximum atomic E-state index is 6.37. The Morgan fingerprint density at radius 1 is 0.727 bits per heavy atom. The Hall–Kier alpha value is -2.58. The van der Waals surface area contributed by atoms with E-state index < -0.39 is 0 Å². The quantitative estimate of drug-likeness (QED) is 0.486. The number of fused-ring (bicyclic) bond motifs is 2. The molecule has 0 aliphatic rings. The van der Waals surface area contributed by atoms with Gasteiger partial charge in [0.25, 0.3) is 5.52 Å². The van der Waals surface area contributed by atoms with Crippen LogP contribution in [0.25, 0.3) is 21.7 Å². The molecular weight excluding hydrogens is 294 g/mol. The summed E-state index contributed by atoms with van der Waals surface area (Å²) >= 11 is 6.37. The predicted octanol–water partition coefficient (Wildman–Crippen LogP) is 4.78. The molecule has 22 heavy (non-hydrogen) atoms. The number of halogens is 1. The van der Waals surface area contributed by atoms with Gasteiger partial charge in [-0.15, -0.1) is 0 Å². The summed E-state index contributed by atoms with van der Waals surface area (Å²) in [6.07, 6.45) is 1.89. The zero-order valence-corrected chi connectivity index (χ0v) is 12.5. The van der Waals surface area contributed by atoms with E-state index >= 15 is 0 Å². The van der Waals surface area contributed by atoms with Gasteiger partial charge in [0.15, 0.2) is 0 Å². The molecule has 3 heteroatoms. The lowest BCUT2D eigenvalue weighted by molar-refractivity contribution is -0.854. The first-order valence-corrected chi connectivity index (χ1v) is 7.46. The van der Waals surface area contributed by atoms with Crippen molar-refractivity contribution in [3.8, 4) is 5.75 Å². The first kappa shape index (κ1) is 13.1. The number of hydrogen-bond acceptors (Lipinski definition) is 1. The standard InChI is InChI=1S/C19H13ClNO/c20-17-12-11-14-6-1-3-9-16(14)19(17)22-21-13-5-8-15-7-2-4-10-18(15)21/h1-13H/q+1. The molecule has 0 saturated carbocycles. The molecule has 0 aliphatic heterocycles. The third kappa shape index (κ3) is 2.18. The van der Waals surface area contributed by atoms with Gasteiger partial charge in [-0.2, -0.15) is 0 Å². The second-order valence-electron chi connectivity index (χ2n) is 5.08. The summed E-state index contributed by atoms with van der Waals surface area (Å²) in [6.45, 7) is 0. The van der Waals surface area contributed by atoms with E-state index in [1.165, 1.54) is 0 Å². The number of nitrogens with zero attached hydrogens (tertiary/aromatic N) is 1. The van der Waals surface area contributed by atoms with Crippen LogP contribution in [0.15, 0.2) is 79.0 Å². The van der Waals surface area contributed by atoms with Crippen LogP contribution in [0.2, 0.25) is 5.02 Å². The van der Waals surface area contributed by atoms with Crippen LogP contribution >= 0.6 is 11.6 Å². The molecule has 0 radical (unpaired) electrons. The van der Waals surface area contributed by atoms with Gasteiger partial charge in [0.05, 0.1) is 10.4 Å². The summed E-state index contributed by atoms with van der Waals surface area (Å²) in [5.74, 6) is 0.668. The van der Waals surface area contributed by atoms with Gasteiger partial charge in [-0.1, -0.05) is 54.1 Å². The van der Waals surface area contributed by atoms with E-state index in [2.05, 4.69) is 12.1 Å². The molecule has 0 amide bonds. The third-order valence-electron chi connectivity index (χ3n) is 3.69. The topological polar surface area (TPSA) is 13.1 Å². The zero-order valence-electron chi connectivity index (χ0n) is 11.7. The molecule has 0 atom stereocenters. The fourth-order valence-electron chi connectivity index (χ4n) is 2.62. The first-order chi connectivity index (χ1) is 10.8. The molecule has 3 aromatic carbocycles. The second kappa shape index (κ2) is 5.32. The van der Waals surface area contributed by atoms with Gasteiger partial charge in [-0.05, 0) is 23.6 Å². The van der Waals surface area contributed by atoms with Crippen molar-refractivity contribution in [2.75, 3.05) is 0 Å². The second-order valence-corrected chi connectivity index (χ2v) is 5.49. The van der Waals surface area contributed by atoms with Crippen LogP contribution in [0, 0.1) is 0 Å². The fraction of sp³-hybridized carbons (Fsp3) is 0. The maximum Gasteiger partial charge on any atom is 0.265 e. The summed E-state index contributed by atoms with van der Waals surface area (Å²) in [6, 6.07) is 24.0. The van der Waals surface area contributed by atoms with Crippen LogP contribution in [0.5, 0.6) is 5.75 Å². The Morgan fingerprint density at radius 2 is 1.45 bits per heavy atom. The van der Waals surface area contributed by atoms with E-state index in [1.807, 2.05) is 66.9 Å². The molecular formula is C19H13ClNO+. The average Bonchev–Trinajstić information content (AvgIpc) is 2.58. The normalized spacial score (nSPS) is 11.0. The number of benzene rings is 3. The molecule has 1 aromatic heterocycles. The molecule has 0 aliphatic carbocycles. The van der Waals surface area contributed by atoms with Gasteiger partial charge in [-0.3, -0.25) is 0 Å². The Kier molecular flexibility index (Phi) is 3.17. The van der Waals surface area contributed by atoms with E-state index in [4.69, 9.17) is 16.4 Å². The van der Waals surface area contributed by atoms with Crippen molar-refractivity contribution < 1.29 is 9.57 Å². The molecule has 0 spiro atoms. The number of para-hydroxylation sites is 1. The lowest BCUT2D eigenvalue weighted by atomic mass is 10.1. The van der Waals surface area contributed by atoms with Crippen LogP contribution in [-0.2, 0) is 0 Å². The molecule has 4 rings (SSSR count). The van der Waals surface area contributed by atoms with Crippen molar-refractivity contribution in [2.24, 2.45) is 0 Å². The first-order valence-electron chi connectivity index (χ1n) is 7.08. The molecule has 4 aromatic rings. The van der Waals surface area contributed by atoms with Crippen LogP contribution < -0.4 is 9.57 Å². The highest BCUT2D eigenvalue weighted by molar-refractivity contribution is 6.33. The Morgan fingerprint density at radius 3 is 2.36 bits per heavy atom. The largest absolute Gasteiger partial charge is 0.265 e. The van der Waals surface area contributed by atoms with E-state index in [0.717, 1.165) is 21.7 Å². The number of aromatic nitrogens is 1. The minimum absolute atomic E-state index is 0.596. The van der Waals surface area contributed by atoms with E-state index in [-0.39, 0.29) is 0 Å². The highest BCUT2D eigenvalue weighted by atomic mass is 35.5. The van der Waals surface area contributed by atoms with Gasteiger partial charge in [0.2, 0.25) is 11.9 Å². The molecule has 0 bridgehead atoms. The summed E-state index contributed by atoms with van der Waals surface area (Å²) in [7, 11) is 0. The van der Waals surface area contributed by atoms with Gasteiger partial charge in [0.1, 0.15) is 0 Å². The summed E-state index contributed by atoms with van der Waals surface area (Å²) in [5.41, 5.74) is 0.994. The number of pyridine rings is 1. The van der Waals surface area contributed by atoms with Crippen molar-refractivity contribution >= 4 is 33.3 Å². The van der Waals surface area contributed by atoms with Gasteiger partial charge >= 0.3 is 0 Å². The predicted molar refractivity (Wildman–Crippen MR) is 89.1 cm³/mol. The zero-order chi connectivity index (χ0) is 14.9. The van der Waals surface area contributed by atoms with Crippen LogP contribution in [0.3, 0.4) is 0 Å². The SMILES string of the molecule is Clc1ccc2ccccc2c1O[n+]1cccc2ccccc21. The van der Waals surface area contributed by atoms with Gasteiger partial charge < -0.3 is 0 Å². The molecule has 0 fully saturated rings. The highest BCUT2D eigenvalue weighted by Crippen LogP contribution is 2.32. The van der Waals surface area contributed by atoms with Crippen molar-refractivity contribution in [1.29, 1.82) is 0 Å². The van der Waals surface area contributed by atoms with Crippen molar-refractivity contribution in [3.05, 3.63) is 84.0 Å². The van der Waals surface area contributed by atoms with Crippen LogP contribution in [-0.4, -0.2) is 0 Å². The Labute approximate surface area is 133 Å². The molecule has 0 unspecified atom stereocenters. The van der Waals surface area contributed by atoms with E-state index in [9.17, 15) is 0 Å². The number of hydrogen-bond donors (Lipinski definition) is 0. The highest BCUT2D eigenvalue weighted by Gasteiger charge is 2.16. The minimum atomic E-state index is 0.596. The maximum absolute atomic E-state index is 6.37. The molecule has 0 saturated heterocycles. The lowest BCUT2D eigenvalue weighted by Gasteiger charge is -2.06. The molecule has 0 N–H and O–H groups in total. The van der Waals surface area contributed by atoms with Gasteiger partial charge in [-0.25, -0.2) is 4.84 Å². The fourth-order valence-corrected chi connectivity index (χ4v) is 2.82. The van der Waals surface area contributed by atoms with Crippen LogP contribution in [0.4, 0.5) is 0 Å². The van der Waals surface area contributed by atoms with Crippen molar-refractivity contribution in [1.82, 2.24) is 0 Å². The lowest BCUT2D eigenvalue weighted by Crippen LogP contribution is -2.40. The Balaban J connectivity index is 1.91. The minimum Gasteiger partial charge on any atom is -0.229 e. The van der Waals surface area contributed by atoms with E-state index in [1.54, 1.807) is 4.73 Å². The molecule has 2 nitrogen and oxygen atoms in total. The van der Waals surface area contributed by atoms with Crippen molar-refractivity contribution in [2.45, 2.75) is 0 Å². The van der Waals surface area contributed by atoms with Crippen LogP contribution in [0.1, 0.15) is 0 Å². The summed E-state index contributed by atoms with van der Waals surface area (Å²) < 4.78 is 1.75. The smallest absolute Gasteiger partial charge is 0.229 e. The average molecular weight is 307 g/mol. The van der Waals surface area contributed by atoms with Gasteiger partial charge in [0, 0.05) is 22.2 Å². The third-order valence-corrected chi connectivity index (χ3v) is 3.99. The van der Waals surface area contributed by atoms with E-state index in [0.29, 0.717) is 10.8 Å². The monoisotopic (exact) mass is 306 g/mol. The molecule has 106 valence electrons. The molecule has 1 heterocycles. The Bertz CT molecular complexity index is 976. The summed E-state index contributed by atoms with van der Waals surface area (Å²) in [4.78, 5) is 6.12. The number of rotatable bonds is 2. The van der Waals surface area contributed by atoms with Crippen molar-refractivity contribution in [3.63, 3.8) is 0 Å².